The second-order valence-corrected chi connectivity index (χ2v) is 9.37. The molecule has 1 aliphatic heterocycles. The van der Waals surface area contributed by atoms with Crippen LogP contribution in [0.2, 0.25) is 0 Å². The van der Waals surface area contributed by atoms with Crippen LogP contribution < -0.4 is 27.0 Å². The van der Waals surface area contributed by atoms with E-state index in [0.29, 0.717) is 37.9 Å². The van der Waals surface area contributed by atoms with Gasteiger partial charge in [0.15, 0.2) is 0 Å². The standard InChI is InChI=1S/C23H39N7O5/c1-14(2)10-18(21(32)28-17(23(34)35)6-3-4-8-24)29-22(33)19(11-15-12-25-13-27-15)30-20(31)16-7-5-9-26-16/h12-14,16-19,26H,3-11,24H2,1-2H3,(H,25,27)(H,28,32)(H,29,33)(H,30,31)(H,34,35). The SMILES string of the molecule is CC(C)CC(NC(=O)C(Cc1cnc[nH]1)NC(=O)C1CCCN1)C(=O)NC(CCCCN)C(=O)O. The zero-order chi connectivity index (χ0) is 25.8. The van der Waals surface area contributed by atoms with Gasteiger partial charge in [-0.3, -0.25) is 14.4 Å². The molecule has 0 saturated carbocycles. The number of nitrogens with one attached hydrogen (secondary N) is 5. The number of nitrogens with two attached hydrogens (primary N) is 1. The van der Waals surface area contributed by atoms with Crippen LogP contribution in [0.4, 0.5) is 0 Å². The van der Waals surface area contributed by atoms with Crippen LogP contribution in [0.15, 0.2) is 12.5 Å². The van der Waals surface area contributed by atoms with E-state index in [2.05, 4.69) is 31.2 Å². The number of aromatic amines is 1. The number of H-pyrrole nitrogens is 1. The Bertz CT molecular complexity index is 824. The average Bonchev–Trinajstić information content (AvgIpc) is 3.51. The van der Waals surface area contributed by atoms with Crippen LogP contribution in [0, 0.1) is 5.92 Å². The molecule has 0 radical (unpaired) electrons. The fraction of sp³-hybridized carbons (Fsp3) is 0.696. The lowest BCUT2D eigenvalue weighted by atomic mass is 10.0. The molecular formula is C23H39N7O5. The minimum atomic E-state index is -1.14. The summed E-state index contributed by atoms with van der Waals surface area (Å²) in [5.41, 5.74) is 6.13. The van der Waals surface area contributed by atoms with Crippen LogP contribution in [-0.2, 0) is 25.6 Å². The summed E-state index contributed by atoms with van der Waals surface area (Å²) < 4.78 is 0. The quantitative estimate of drug-likeness (QED) is 0.158. The van der Waals surface area contributed by atoms with Crippen molar-refractivity contribution in [3.63, 3.8) is 0 Å². The third kappa shape index (κ3) is 9.65. The van der Waals surface area contributed by atoms with Gasteiger partial charge >= 0.3 is 5.97 Å². The fourth-order valence-corrected chi connectivity index (χ4v) is 4.00. The van der Waals surface area contributed by atoms with E-state index in [4.69, 9.17) is 5.73 Å². The molecule has 0 bridgehead atoms. The molecule has 196 valence electrons. The van der Waals surface area contributed by atoms with E-state index >= 15 is 0 Å². The summed E-state index contributed by atoms with van der Waals surface area (Å²) in [5, 5.41) is 20.7. The zero-order valence-corrected chi connectivity index (χ0v) is 20.5. The Morgan fingerprint density at radius 2 is 1.83 bits per heavy atom. The molecule has 1 aromatic heterocycles. The van der Waals surface area contributed by atoms with Gasteiger partial charge in [0, 0.05) is 18.3 Å². The van der Waals surface area contributed by atoms with Crippen molar-refractivity contribution in [3.8, 4) is 0 Å². The molecule has 0 aliphatic carbocycles. The maximum absolute atomic E-state index is 13.3. The topological polar surface area (TPSA) is 191 Å². The molecule has 1 fully saturated rings. The van der Waals surface area contributed by atoms with E-state index in [1.807, 2.05) is 13.8 Å². The fourth-order valence-electron chi connectivity index (χ4n) is 4.00. The highest BCUT2D eigenvalue weighted by atomic mass is 16.4. The minimum Gasteiger partial charge on any atom is -0.480 e. The van der Waals surface area contributed by atoms with E-state index in [0.717, 1.165) is 13.0 Å². The van der Waals surface area contributed by atoms with Crippen LogP contribution in [0.3, 0.4) is 0 Å². The third-order valence-corrected chi connectivity index (χ3v) is 5.89. The molecular weight excluding hydrogens is 454 g/mol. The highest BCUT2D eigenvalue weighted by Gasteiger charge is 2.32. The summed E-state index contributed by atoms with van der Waals surface area (Å²) in [4.78, 5) is 57.5. The second-order valence-electron chi connectivity index (χ2n) is 9.37. The summed E-state index contributed by atoms with van der Waals surface area (Å²) in [7, 11) is 0. The number of carbonyl (C=O) groups is 4. The first-order chi connectivity index (χ1) is 16.7. The average molecular weight is 494 g/mol. The molecule has 1 aliphatic rings. The number of nitrogens with zero attached hydrogens (tertiary/aromatic N) is 1. The molecule has 4 atom stereocenters. The van der Waals surface area contributed by atoms with E-state index in [1.54, 1.807) is 6.20 Å². The number of unbranched alkanes of at least 4 members (excludes halogenated alkanes) is 1. The van der Waals surface area contributed by atoms with Crippen molar-refractivity contribution >= 4 is 23.7 Å². The van der Waals surface area contributed by atoms with Gasteiger partial charge in [-0.25, -0.2) is 9.78 Å². The second kappa shape index (κ2) is 14.4. The Morgan fingerprint density at radius 3 is 2.40 bits per heavy atom. The number of amides is 3. The molecule has 35 heavy (non-hydrogen) atoms. The first-order valence-corrected chi connectivity index (χ1v) is 12.3. The highest BCUT2D eigenvalue weighted by Crippen LogP contribution is 2.10. The molecule has 2 heterocycles. The maximum Gasteiger partial charge on any atom is 0.326 e. The van der Waals surface area contributed by atoms with Gasteiger partial charge in [-0.05, 0) is 57.5 Å². The van der Waals surface area contributed by atoms with Crippen molar-refractivity contribution in [2.24, 2.45) is 11.7 Å². The molecule has 8 N–H and O–H groups in total. The number of rotatable bonds is 15. The number of hydrogen-bond acceptors (Lipinski definition) is 7. The summed E-state index contributed by atoms with van der Waals surface area (Å²) in [6.45, 7) is 4.98. The highest BCUT2D eigenvalue weighted by molar-refractivity contribution is 5.94. The number of carbonyl (C=O) groups excluding carboxylic acids is 3. The summed E-state index contributed by atoms with van der Waals surface area (Å²) in [6.07, 6.45) is 6.53. The van der Waals surface area contributed by atoms with Crippen molar-refractivity contribution in [1.82, 2.24) is 31.2 Å². The molecule has 4 unspecified atom stereocenters. The van der Waals surface area contributed by atoms with Crippen LogP contribution >= 0.6 is 0 Å². The molecule has 1 aromatic rings. The largest absolute Gasteiger partial charge is 0.480 e. The molecule has 12 nitrogen and oxygen atoms in total. The van der Waals surface area contributed by atoms with Gasteiger partial charge in [0.1, 0.15) is 18.1 Å². The van der Waals surface area contributed by atoms with Crippen LogP contribution in [0.5, 0.6) is 0 Å². The van der Waals surface area contributed by atoms with Crippen molar-refractivity contribution in [1.29, 1.82) is 0 Å². The van der Waals surface area contributed by atoms with Crippen molar-refractivity contribution in [2.75, 3.05) is 13.1 Å². The molecule has 12 heteroatoms. The van der Waals surface area contributed by atoms with Gasteiger partial charge in [0.05, 0.1) is 12.4 Å². The lowest BCUT2D eigenvalue weighted by molar-refractivity contribution is -0.142. The number of aliphatic carboxylic acids is 1. The lowest BCUT2D eigenvalue weighted by Crippen LogP contribution is -2.57. The van der Waals surface area contributed by atoms with E-state index in [9.17, 15) is 24.3 Å². The van der Waals surface area contributed by atoms with E-state index in [1.165, 1.54) is 6.33 Å². The normalized spacial score (nSPS) is 18.0. The van der Waals surface area contributed by atoms with Crippen molar-refractivity contribution in [3.05, 3.63) is 18.2 Å². The maximum atomic E-state index is 13.3. The number of aromatic nitrogens is 2. The smallest absolute Gasteiger partial charge is 0.326 e. The van der Waals surface area contributed by atoms with E-state index in [-0.39, 0.29) is 30.7 Å². The number of hydrogen-bond donors (Lipinski definition) is 7. The van der Waals surface area contributed by atoms with Gasteiger partial charge in [0.25, 0.3) is 0 Å². The van der Waals surface area contributed by atoms with Gasteiger partial charge in [0.2, 0.25) is 17.7 Å². The number of carboxylic acids is 1. The molecule has 3 amide bonds. The Kier molecular flexibility index (Phi) is 11.6. The third-order valence-electron chi connectivity index (χ3n) is 5.89. The van der Waals surface area contributed by atoms with Gasteiger partial charge in [-0.1, -0.05) is 13.8 Å². The molecule has 0 aromatic carbocycles. The molecule has 2 rings (SSSR count). The first-order valence-electron chi connectivity index (χ1n) is 12.3. The number of carboxylic acid groups (broad SMARTS) is 1. The van der Waals surface area contributed by atoms with Crippen LogP contribution in [0.25, 0.3) is 0 Å². The lowest BCUT2D eigenvalue weighted by Gasteiger charge is -2.26. The van der Waals surface area contributed by atoms with Gasteiger partial charge in [-0.15, -0.1) is 0 Å². The Labute approximate surface area is 205 Å². The van der Waals surface area contributed by atoms with Gasteiger partial charge in [-0.2, -0.15) is 0 Å². The summed E-state index contributed by atoms with van der Waals surface area (Å²) >= 11 is 0. The monoisotopic (exact) mass is 493 g/mol. The minimum absolute atomic E-state index is 0.0508. The summed E-state index contributed by atoms with van der Waals surface area (Å²) in [5.74, 6) is -2.47. The van der Waals surface area contributed by atoms with E-state index < -0.39 is 35.9 Å². The predicted molar refractivity (Wildman–Crippen MR) is 129 cm³/mol. The zero-order valence-electron chi connectivity index (χ0n) is 20.5. The Hall–Kier alpha value is -2.99. The Morgan fingerprint density at radius 1 is 1.11 bits per heavy atom. The Balaban J connectivity index is 2.11. The summed E-state index contributed by atoms with van der Waals surface area (Å²) in [6, 6.07) is -3.33. The van der Waals surface area contributed by atoms with Gasteiger partial charge < -0.3 is 37.1 Å². The first kappa shape index (κ1) is 28.2. The van der Waals surface area contributed by atoms with Crippen molar-refractivity contribution < 1.29 is 24.3 Å². The predicted octanol–water partition coefficient (Wildman–Crippen LogP) is -0.582. The van der Waals surface area contributed by atoms with Crippen LogP contribution in [0.1, 0.15) is 58.1 Å². The number of imidazole rings is 1. The molecule has 1 saturated heterocycles. The molecule has 0 spiro atoms. The van der Waals surface area contributed by atoms with Crippen LogP contribution in [-0.4, -0.2) is 76.0 Å². The van der Waals surface area contributed by atoms with Crippen molar-refractivity contribution in [2.45, 2.75) is 83.0 Å².